The second-order valence-electron chi connectivity index (χ2n) is 3.44. The van der Waals surface area contributed by atoms with E-state index in [1.807, 2.05) is 12.1 Å². The van der Waals surface area contributed by atoms with E-state index in [1.54, 1.807) is 18.4 Å². The maximum absolute atomic E-state index is 5.88. The lowest BCUT2D eigenvalue weighted by Crippen LogP contribution is -2.18. The Balaban J connectivity index is 1.91. The number of nitrogens with one attached hydrogen (secondary N) is 1. The van der Waals surface area contributed by atoms with Crippen molar-refractivity contribution in [3.63, 3.8) is 0 Å². The summed E-state index contributed by atoms with van der Waals surface area (Å²) >= 11 is 7.46. The molecule has 1 atom stereocenters. The molecule has 1 unspecified atom stereocenters. The average molecular weight is 258 g/mol. The third-order valence-corrected chi connectivity index (χ3v) is 3.55. The summed E-state index contributed by atoms with van der Waals surface area (Å²) in [5, 5.41) is 15.1. The van der Waals surface area contributed by atoms with Gasteiger partial charge in [0.25, 0.3) is 0 Å². The van der Waals surface area contributed by atoms with Gasteiger partial charge in [-0.1, -0.05) is 11.6 Å². The summed E-state index contributed by atoms with van der Waals surface area (Å²) in [6.45, 7) is 2.68. The molecular weight excluding hydrogens is 246 g/mol. The zero-order valence-corrected chi connectivity index (χ0v) is 10.6. The van der Waals surface area contributed by atoms with Gasteiger partial charge >= 0.3 is 0 Å². The van der Waals surface area contributed by atoms with Gasteiger partial charge in [0.15, 0.2) is 5.82 Å². The highest BCUT2D eigenvalue weighted by molar-refractivity contribution is 7.16. The van der Waals surface area contributed by atoms with Gasteiger partial charge in [0.2, 0.25) is 0 Å². The summed E-state index contributed by atoms with van der Waals surface area (Å²) in [5.74, 6) is 0.692. The van der Waals surface area contributed by atoms with Gasteiger partial charge in [-0.3, -0.25) is 0 Å². The molecule has 2 rings (SSSR count). The molecule has 2 aromatic rings. The molecule has 0 spiro atoms. The minimum Gasteiger partial charge on any atom is -0.302 e. The number of aryl methyl sites for hydroxylation is 1. The molecule has 0 amide bonds. The SMILES string of the molecule is CC(NCc1nnn(C)n1)c1ccc(Cl)s1. The van der Waals surface area contributed by atoms with Crippen molar-refractivity contribution in [2.24, 2.45) is 7.05 Å². The lowest BCUT2D eigenvalue weighted by atomic mass is 10.3. The maximum Gasteiger partial charge on any atom is 0.188 e. The van der Waals surface area contributed by atoms with Gasteiger partial charge in [0, 0.05) is 10.9 Å². The first-order chi connectivity index (χ1) is 7.65. The predicted molar refractivity (Wildman–Crippen MR) is 63.4 cm³/mol. The molecule has 1 N–H and O–H groups in total. The van der Waals surface area contributed by atoms with Gasteiger partial charge in [-0.2, -0.15) is 4.80 Å². The Morgan fingerprint density at radius 2 is 2.38 bits per heavy atom. The molecule has 2 aromatic heterocycles. The van der Waals surface area contributed by atoms with Crippen LogP contribution in [0.25, 0.3) is 0 Å². The summed E-state index contributed by atoms with van der Waals surface area (Å²) in [6.07, 6.45) is 0. The number of aromatic nitrogens is 4. The molecule has 5 nitrogen and oxygen atoms in total. The largest absolute Gasteiger partial charge is 0.302 e. The Morgan fingerprint density at radius 3 is 2.94 bits per heavy atom. The van der Waals surface area contributed by atoms with Crippen LogP contribution in [0.15, 0.2) is 12.1 Å². The summed E-state index contributed by atoms with van der Waals surface area (Å²) in [7, 11) is 1.75. The Hall–Kier alpha value is -0.980. The fourth-order valence-corrected chi connectivity index (χ4v) is 2.39. The molecule has 0 saturated heterocycles. The van der Waals surface area contributed by atoms with Crippen LogP contribution in [-0.2, 0) is 13.6 Å². The highest BCUT2D eigenvalue weighted by Gasteiger charge is 2.09. The monoisotopic (exact) mass is 257 g/mol. The third kappa shape index (κ3) is 2.78. The van der Waals surface area contributed by atoms with Crippen LogP contribution in [0.5, 0.6) is 0 Å². The van der Waals surface area contributed by atoms with E-state index in [4.69, 9.17) is 11.6 Å². The Labute approximate surface area is 102 Å². The van der Waals surface area contributed by atoms with E-state index < -0.39 is 0 Å². The lowest BCUT2D eigenvalue weighted by molar-refractivity contribution is 0.562. The molecule has 86 valence electrons. The molecule has 0 saturated carbocycles. The van der Waals surface area contributed by atoms with Crippen molar-refractivity contribution in [2.45, 2.75) is 19.5 Å². The second-order valence-corrected chi connectivity index (χ2v) is 5.19. The Bertz CT molecular complexity index is 466. The van der Waals surface area contributed by atoms with Crippen LogP contribution in [0.4, 0.5) is 0 Å². The average Bonchev–Trinajstić information content (AvgIpc) is 2.84. The molecule has 0 aliphatic rings. The molecule has 0 radical (unpaired) electrons. The molecule has 0 aromatic carbocycles. The zero-order chi connectivity index (χ0) is 11.5. The summed E-state index contributed by atoms with van der Waals surface area (Å²) in [6, 6.07) is 4.16. The van der Waals surface area contributed by atoms with Crippen LogP contribution in [-0.4, -0.2) is 20.2 Å². The number of tetrazole rings is 1. The number of nitrogens with zero attached hydrogens (tertiary/aromatic N) is 4. The predicted octanol–water partition coefficient (Wildman–Crippen LogP) is 1.78. The molecular formula is C9H12ClN5S. The van der Waals surface area contributed by atoms with Gasteiger partial charge in [-0.25, -0.2) is 0 Å². The van der Waals surface area contributed by atoms with Crippen LogP contribution in [0.3, 0.4) is 0 Å². The molecule has 0 aliphatic heterocycles. The fraction of sp³-hybridized carbons (Fsp3) is 0.444. The van der Waals surface area contributed by atoms with Crippen molar-refractivity contribution in [2.75, 3.05) is 0 Å². The normalized spacial score (nSPS) is 12.9. The van der Waals surface area contributed by atoms with Crippen molar-refractivity contribution < 1.29 is 0 Å². The van der Waals surface area contributed by atoms with E-state index in [9.17, 15) is 0 Å². The summed E-state index contributed by atoms with van der Waals surface area (Å²) in [5.41, 5.74) is 0. The molecule has 2 heterocycles. The van der Waals surface area contributed by atoms with Crippen molar-refractivity contribution in [1.29, 1.82) is 0 Å². The second kappa shape index (κ2) is 4.90. The Morgan fingerprint density at radius 1 is 1.56 bits per heavy atom. The highest BCUT2D eigenvalue weighted by atomic mass is 35.5. The minimum absolute atomic E-state index is 0.237. The molecule has 0 bridgehead atoms. The van der Waals surface area contributed by atoms with E-state index in [2.05, 4.69) is 27.7 Å². The van der Waals surface area contributed by atoms with Crippen LogP contribution >= 0.6 is 22.9 Å². The first-order valence-corrected chi connectivity index (χ1v) is 6.06. The van der Waals surface area contributed by atoms with Gasteiger partial charge < -0.3 is 5.32 Å². The molecule has 0 fully saturated rings. The van der Waals surface area contributed by atoms with Crippen LogP contribution < -0.4 is 5.32 Å². The zero-order valence-electron chi connectivity index (χ0n) is 9.01. The van der Waals surface area contributed by atoms with E-state index in [0.717, 1.165) is 4.34 Å². The fourth-order valence-electron chi connectivity index (χ4n) is 1.30. The van der Waals surface area contributed by atoms with Crippen molar-refractivity contribution in [3.05, 3.63) is 27.2 Å². The van der Waals surface area contributed by atoms with E-state index in [1.165, 1.54) is 9.67 Å². The standard InChI is InChI=1S/C9H12ClN5S/c1-6(7-3-4-8(10)16-7)11-5-9-12-14-15(2)13-9/h3-4,6,11H,5H2,1-2H3. The van der Waals surface area contributed by atoms with Crippen LogP contribution in [0, 0.1) is 0 Å². The van der Waals surface area contributed by atoms with E-state index in [0.29, 0.717) is 12.4 Å². The third-order valence-electron chi connectivity index (χ3n) is 2.14. The number of halogens is 1. The quantitative estimate of drug-likeness (QED) is 0.907. The maximum atomic E-state index is 5.88. The first-order valence-electron chi connectivity index (χ1n) is 4.86. The van der Waals surface area contributed by atoms with Gasteiger partial charge in [-0.05, 0) is 24.3 Å². The Kier molecular flexibility index (Phi) is 3.52. The topological polar surface area (TPSA) is 55.6 Å². The summed E-state index contributed by atoms with van der Waals surface area (Å²) in [4.78, 5) is 2.65. The number of hydrogen-bond donors (Lipinski definition) is 1. The molecule has 0 aliphatic carbocycles. The first kappa shape index (κ1) is 11.5. The van der Waals surface area contributed by atoms with Gasteiger partial charge in [0.05, 0.1) is 17.9 Å². The lowest BCUT2D eigenvalue weighted by Gasteiger charge is -2.09. The van der Waals surface area contributed by atoms with Gasteiger partial charge in [-0.15, -0.1) is 21.5 Å². The minimum atomic E-state index is 0.237. The molecule has 7 heteroatoms. The summed E-state index contributed by atoms with van der Waals surface area (Å²) < 4.78 is 0.807. The van der Waals surface area contributed by atoms with E-state index in [-0.39, 0.29) is 6.04 Å². The van der Waals surface area contributed by atoms with Crippen LogP contribution in [0.2, 0.25) is 4.34 Å². The smallest absolute Gasteiger partial charge is 0.188 e. The van der Waals surface area contributed by atoms with Crippen molar-refractivity contribution in [1.82, 2.24) is 25.5 Å². The number of rotatable bonds is 4. The van der Waals surface area contributed by atoms with Crippen LogP contribution in [0.1, 0.15) is 23.7 Å². The van der Waals surface area contributed by atoms with Crippen molar-refractivity contribution in [3.8, 4) is 0 Å². The number of hydrogen-bond acceptors (Lipinski definition) is 5. The number of thiophene rings is 1. The van der Waals surface area contributed by atoms with E-state index >= 15 is 0 Å². The highest BCUT2D eigenvalue weighted by Crippen LogP contribution is 2.26. The van der Waals surface area contributed by atoms with Crippen molar-refractivity contribution >= 4 is 22.9 Å². The molecule has 16 heavy (non-hydrogen) atoms. The van der Waals surface area contributed by atoms with Gasteiger partial charge in [0.1, 0.15) is 0 Å².